The monoisotopic (exact) mass is 1210 g/mol. The van der Waals surface area contributed by atoms with Crippen LogP contribution in [0.1, 0.15) is 0 Å². The van der Waals surface area contributed by atoms with Crippen LogP contribution in [-0.4, -0.2) is 13.4 Å². The summed E-state index contributed by atoms with van der Waals surface area (Å²) in [4.78, 5) is 10.4. The zero-order valence-corrected chi connectivity index (χ0v) is 52.3. The zero-order chi connectivity index (χ0) is 62.7. The first kappa shape index (κ1) is 53.2. The number of para-hydroxylation sites is 4. The number of anilines is 12. The van der Waals surface area contributed by atoms with Gasteiger partial charge in [-0.05, 0) is 211 Å². The van der Waals surface area contributed by atoms with E-state index >= 15 is 0 Å². The molecule has 0 amide bonds. The van der Waals surface area contributed by atoms with Crippen LogP contribution in [0.3, 0.4) is 0 Å². The fourth-order valence-electron chi connectivity index (χ4n) is 17.3. The predicted molar refractivity (Wildman–Crippen MR) is 410 cm³/mol. The van der Waals surface area contributed by atoms with Crippen LogP contribution in [0.15, 0.2) is 340 Å². The summed E-state index contributed by atoms with van der Waals surface area (Å²) in [7, 11) is 0. The first-order chi connectivity index (χ1) is 47.7. The van der Waals surface area contributed by atoms with Gasteiger partial charge in [0.25, 0.3) is 13.4 Å². The normalized spacial score (nSPS) is 13.3. The summed E-state index contributed by atoms with van der Waals surface area (Å²) >= 11 is 0. The summed E-state index contributed by atoms with van der Waals surface area (Å²) < 4.78 is 0. The standard InChI is InChI=1S/C90H56B2N4/c1-5-25-57(26-6-1)59-49-85-89-87(51-59)95(63-45-47-73-69-37-15-13-33-65(69)67-35-17-19-39-71(67)75(73)53-63)83-56-84-80(55-79(83)91(89)77-41-21-23-43-81(77)93(85)61-29-9-3-10-30-61)92-78-42-22-24-44-82(78)94(62-31-11-4-12-32-62)86-50-60(58-27-7-2-8-28-58)52-88(90(86)92)96(84)64-46-48-74-70-38-16-14-34-66(70)68-36-18-20-40-72(68)76(74)54-64/h1-56H. The molecule has 0 spiro atoms. The maximum atomic E-state index is 2.67. The van der Waals surface area contributed by atoms with Gasteiger partial charge in [0.05, 0.1) is 0 Å². The Morgan fingerprint density at radius 1 is 0.156 bits per heavy atom. The average molecular weight is 1220 g/mol. The SMILES string of the molecule is c1ccc(-c2cc3c4c(c2)N(c2ccc5c6ccccc6c6ccccc6c5c2)c2cc5c(cc2B4c2ccccc2N3c2ccccc2)B2c3ccccc3N(c3ccccc3)c3cc(-c4ccccc4)cc(c32)N5c2ccc3c4ccccc4c4ccccc4c3c2)cc1. The van der Waals surface area contributed by atoms with Crippen LogP contribution >= 0.6 is 0 Å². The van der Waals surface area contributed by atoms with Crippen LogP contribution < -0.4 is 52.4 Å². The van der Waals surface area contributed by atoms with E-state index in [0.29, 0.717) is 0 Å². The Morgan fingerprint density at radius 2 is 0.438 bits per heavy atom. The summed E-state index contributed by atoms with van der Waals surface area (Å²) in [5.41, 5.74) is 26.0. The third kappa shape index (κ3) is 7.64. The van der Waals surface area contributed by atoms with E-state index in [1.165, 1.54) is 120 Å². The lowest BCUT2D eigenvalue weighted by Gasteiger charge is -2.47. The van der Waals surface area contributed by atoms with Gasteiger partial charge in [-0.3, -0.25) is 0 Å². The van der Waals surface area contributed by atoms with Crippen molar-refractivity contribution in [3.05, 3.63) is 340 Å². The number of hydrogen-bond donors (Lipinski definition) is 0. The summed E-state index contributed by atoms with van der Waals surface area (Å²) in [6.07, 6.45) is 0. The summed E-state index contributed by atoms with van der Waals surface area (Å²) in [6.45, 7) is -0.319. The molecule has 0 bridgehead atoms. The number of nitrogens with zero attached hydrogens (tertiary/aromatic N) is 4. The number of benzene rings is 17. The van der Waals surface area contributed by atoms with Crippen molar-refractivity contribution in [1.82, 2.24) is 0 Å². The molecule has 0 radical (unpaired) electrons. The largest absolute Gasteiger partial charge is 0.311 e. The molecule has 4 nitrogen and oxygen atoms in total. The molecule has 0 fully saturated rings. The van der Waals surface area contributed by atoms with Crippen molar-refractivity contribution in [3.63, 3.8) is 0 Å². The van der Waals surface area contributed by atoms with Gasteiger partial charge in [-0.2, -0.15) is 0 Å². The maximum absolute atomic E-state index is 2.67. The molecule has 4 heterocycles. The fourth-order valence-corrected chi connectivity index (χ4v) is 17.3. The lowest BCUT2D eigenvalue weighted by atomic mass is 9.30. The predicted octanol–water partition coefficient (Wildman–Crippen LogP) is 20.1. The van der Waals surface area contributed by atoms with Crippen LogP contribution in [0.2, 0.25) is 0 Å². The molecule has 0 saturated heterocycles. The second-order valence-electron chi connectivity index (χ2n) is 26.2. The molecule has 96 heavy (non-hydrogen) atoms. The Hall–Kier alpha value is -12.4. The van der Waals surface area contributed by atoms with Crippen molar-refractivity contribution in [1.29, 1.82) is 0 Å². The van der Waals surface area contributed by atoms with E-state index in [9.17, 15) is 0 Å². The molecule has 6 heteroatoms. The number of rotatable bonds is 6. The van der Waals surface area contributed by atoms with Gasteiger partial charge in [0, 0.05) is 68.2 Å². The van der Waals surface area contributed by atoms with Crippen molar-refractivity contribution in [2.75, 3.05) is 19.6 Å². The summed E-state index contributed by atoms with van der Waals surface area (Å²) in [5.74, 6) is 0. The second kappa shape index (κ2) is 20.6. The van der Waals surface area contributed by atoms with Crippen LogP contribution in [0.5, 0.6) is 0 Å². The van der Waals surface area contributed by atoms with Gasteiger partial charge < -0.3 is 19.6 Å². The molecule has 0 saturated carbocycles. The average Bonchev–Trinajstić information content (AvgIpc) is 0.683. The van der Waals surface area contributed by atoms with E-state index < -0.39 is 0 Å². The molecule has 0 aliphatic carbocycles. The van der Waals surface area contributed by atoms with Crippen LogP contribution in [-0.2, 0) is 0 Å². The third-order valence-corrected chi connectivity index (χ3v) is 21.3. The maximum Gasteiger partial charge on any atom is 0.252 e. The van der Waals surface area contributed by atoms with Crippen molar-refractivity contribution in [2.45, 2.75) is 0 Å². The summed E-state index contributed by atoms with van der Waals surface area (Å²) in [5, 5.41) is 14.9. The molecule has 0 unspecified atom stereocenters. The molecule has 442 valence electrons. The molecule has 4 aliphatic rings. The highest BCUT2D eigenvalue weighted by Crippen LogP contribution is 2.52. The van der Waals surface area contributed by atoms with E-state index in [4.69, 9.17) is 0 Å². The Labute approximate surface area is 557 Å². The lowest BCUT2D eigenvalue weighted by molar-refractivity contribution is 1.24. The van der Waals surface area contributed by atoms with E-state index in [2.05, 4.69) is 359 Å². The van der Waals surface area contributed by atoms with E-state index in [-0.39, 0.29) is 13.4 Å². The summed E-state index contributed by atoms with van der Waals surface area (Å²) in [6, 6.07) is 128. The fraction of sp³-hybridized carbons (Fsp3) is 0. The minimum absolute atomic E-state index is 0.160. The van der Waals surface area contributed by atoms with E-state index in [1.807, 2.05) is 0 Å². The number of hydrogen-bond acceptors (Lipinski definition) is 4. The van der Waals surface area contributed by atoms with Crippen molar-refractivity contribution < 1.29 is 0 Å². The molecule has 17 aromatic carbocycles. The van der Waals surface area contributed by atoms with Gasteiger partial charge in [0.15, 0.2) is 0 Å². The van der Waals surface area contributed by atoms with Gasteiger partial charge in [-0.1, -0.05) is 249 Å². The zero-order valence-electron chi connectivity index (χ0n) is 52.3. The molecular formula is C90H56B2N4. The topological polar surface area (TPSA) is 13.0 Å². The van der Waals surface area contributed by atoms with Gasteiger partial charge in [0.1, 0.15) is 0 Å². The highest BCUT2D eigenvalue weighted by atomic mass is 15.2. The number of fused-ring (bicyclic) bond motifs is 20. The Bertz CT molecular complexity index is 5690. The first-order valence-electron chi connectivity index (χ1n) is 33.5. The Balaban J connectivity index is 0.925. The highest BCUT2D eigenvalue weighted by Gasteiger charge is 2.49. The van der Waals surface area contributed by atoms with Crippen molar-refractivity contribution >= 4 is 179 Å². The van der Waals surface area contributed by atoms with Crippen molar-refractivity contribution in [2.24, 2.45) is 0 Å². The molecule has 4 aliphatic heterocycles. The van der Waals surface area contributed by atoms with Gasteiger partial charge in [-0.15, -0.1) is 0 Å². The van der Waals surface area contributed by atoms with Crippen LogP contribution in [0, 0.1) is 0 Å². The molecule has 0 N–H and O–H groups in total. The quantitative estimate of drug-likeness (QED) is 0.121. The third-order valence-electron chi connectivity index (χ3n) is 21.3. The van der Waals surface area contributed by atoms with Crippen LogP contribution in [0.4, 0.5) is 68.2 Å². The minimum atomic E-state index is -0.160. The molecule has 0 aromatic heterocycles. The van der Waals surface area contributed by atoms with Gasteiger partial charge in [0.2, 0.25) is 0 Å². The highest BCUT2D eigenvalue weighted by molar-refractivity contribution is 7.03. The van der Waals surface area contributed by atoms with E-state index in [0.717, 1.165) is 67.8 Å². The molecule has 21 rings (SSSR count). The molecule has 0 atom stereocenters. The van der Waals surface area contributed by atoms with Gasteiger partial charge in [-0.25, -0.2) is 0 Å². The van der Waals surface area contributed by atoms with Crippen molar-refractivity contribution in [3.8, 4) is 22.3 Å². The Morgan fingerprint density at radius 3 is 0.792 bits per heavy atom. The van der Waals surface area contributed by atoms with Crippen LogP contribution in [0.25, 0.3) is 86.9 Å². The first-order valence-corrected chi connectivity index (χ1v) is 33.5. The van der Waals surface area contributed by atoms with Gasteiger partial charge >= 0.3 is 0 Å². The lowest BCUT2D eigenvalue weighted by Crippen LogP contribution is -2.65. The second-order valence-corrected chi connectivity index (χ2v) is 26.2. The Kier molecular flexibility index (Phi) is 11.4. The molecular weight excluding hydrogens is 1160 g/mol. The smallest absolute Gasteiger partial charge is 0.252 e. The molecule has 17 aromatic rings. The van der Waals surface area contributed by atoms with E-state index in [1.54, 1.807) is 0 Å². The minimum Gasteiger partial charge on any atom is -0.311 e.